The molecule has 0 aromatic carbocycles. The van der Waals surface area contributed by atoms with Gasteiger partial charge in [-0.3, -0.25) is 9.78 Å². The van der Waals surface area contributed by atoms with E-state index in [4.69, 9.17) is 4.74 Å². The van der Waals surface area contributed by atoms with Gasteiger partial charge in [0.1, 0.15) is 6.04 Å². The van der Waals surface area contributed by atoms with Crippen LogP contribution in [0, 0.1) is 0 Å². The molecular weight excluding hydrogens is 246 g/mol. The van der Waals surface area contributed by atoms with Crippen LogP contribution < -0.4 is 4.90 Å². The maximum atomic E-state index is 12.4. The summed E-state index contributed by atoms with van der Waals surface area (Å²) in [7, 11) is 1.54. The van der Waals surface area contributed by atoms with Crippen LogP contribution in [-0.4, -0.2) is 47.6 Å². The lowest BCUT2D eigenvalue weighted by Gasteiger charge is -2.20. The lowest BCUT2D eigenvalue weighted by Crippen LogP contribution is -2.39. The van der Waals surface area contributed by atoms with Gasteiger partial charge < -0.3 is 9.64 Å². The Morgan fingerprint density at radius 3 is 2.79 bits per heavy atom. The van der Waals surface area contributed by atoms with E-state index in [0.717, 1.165) is 12.8 Å². The number of carbonyl (C=O) groups excluding carboxylic acids is 2. The second-order valence-electron chi connectivity index (χ2n) is 4.78. The predicted molar refractivity (Wildman–Crippen MR) is 67.6 cm³/mol. The van der Waals surface area contributed by atoms with E-state index >= 15 is 0 Å². The smallest absolute Gasteiger partial charge is 0.332 e. The first-order chi connectivity index (χ1) is 9.24. The SMILES string of the molecule is COCC1C(=O)N(c2cccnc2)C(=O)N1C1CC1. The molecule has 100 valence electrons. The van der Waals surface area contributed by atoms with E-state index in [1.54, 1.807) is 23.2 Å². The molecule has 2 heterocycles. The number of hydrogen-bond acceptors (Lipinski definition) is 4. The number of methoxy groups -OCH3 is 1. The number of pyridine rings is 1. The van der Waals surface area contributed by atoms with E-state index in [-0.39, 0.29) is 24.6 Å². The highest BCUT2D eigenvalue weighted by atomic mass is 16.5. The van der Waals surface area contributed by atoms with Crippen LogP contribution in [0.4, 0.5) is 10.5 Å². The molecule has 19 heavy (non-hydrogen) atoms. The first-order valence-corrected chi connectivity index (χ1v) is 6.29. The molecule has 1 aliphatic carbocycles. The molecule has 2 aliphatic rings. The molecule has 1 saturated heterocycles. The summed E-state index contributed by atoms with van der Waals surface area (Å²) in [5.41, 5.74) is 0.516. The fourth-order valence-corrected chi connectivity index (χ4v) is 2.41. The van der Waals surface area contributed by atoms with Crippen molar-refractivity contribution < 1.29 is 14.3 Å². The second kappa shape index (κ2) is 4.62. The molecule has 0 radical (unpaired) electrons. The minimum Gasteiger partial charge on any atom is -0.382 e. The van der Waals surface area contributed by atoms with Crippen molar-refractivity contribution in [3.63, 3.8) is 0 Å². The third kappa shape index (κ3) is 1.98. The molecule has 1 saturated carbocycles. The Morgan fingerprint density at radius 1 is 1.42 bits per heavy atom. The number of urea groups is 1. The summed E-state index contributed by atoms with van der Waals surface area (Å²) in [6.07, 6.45) is 5.05. The molecule has 3 amide bonds. The average molecular weight is 261 g/mol. The predicted octanol–water partition coefficient (Wildman–Crippen LogP) is 1.03. The number of nitrogens with zero attached hydrogens (tertiary/aromatic N) is 3. The fourth-order valence-electron chi connectivity index (χ4n) is 2.41. The summed E-state index contributed by atoms with van der Waals surface area (Å²) in [6.45, 7) is 0.234. The van der Waals surface area contributed by atoms with E-state index < -0.39 is 6.04 Å². The minimum atomic E-state index is -0.509. The van der Waals surface area contributed by atoms with Crippen LogP contribution in [0.5, 0.6) is 0 Å². The Bertz CT molecular complexity index is 501. The number of anilines is 1. The van der Waals surface area contributed by atoms with E-state index in [2.05, 4.69) is 4.98 Å². The molecule has 1 aromatic rings. The third-order valence-corrected chi connectivity index (χ3v) is 3.42. The van der Waals surface area contributed by atoms with Crippen molar-refractivity contribution in [3.05, 3.63) is 24.5 Å². The topological polar surface area (TPSA) is 62.7 Å². The average Bonchev–Trinajstić information content (AvgIpc) is 3.21. The largest absolute Gasteiger partial charge is 0.382 e. The highest BCUT2D eigenvalue weighted by molar-refractivity contribution is 6.21. The van der Waals surface area contributed by atoms with Crippen molar-refractivity contribution in [2.24, 2.45) is 0 Å². The molecule has 1 atom stereocenters. The molecular formula is C13H15N3O3. The van der Waals surface area contributed by atoms with Crippen molar-refractivity contribution in [1.29, 1.82) is 0 Å². The van der Waals surface area contributed by atoms with Crippen LogP contribution in [0.3, 0.4) is 0 Å². The number of carbonyl (C=O) groups is 2. The quantitative estimate of drug-likeness (QED) is 0.759. The summed E-state index contributed by atoms with van der Waals surface area (Å²) >= 11 is 0. The zero-order valence-electron chi connectivity index (χ0n) is 10.7. The molecule has 1 aliphatic heterocycles. The Labute approximate surface area is 111 Å². The molecule has 1 aromatic heterocycles. The molecule has 3 rings (SSSR count). The van der Waals surface area contributed by atoms with Gasteiger partial charge in [0.25, 0.3) is 5.91 Å². The Kier molecular flexibility index (Phi) is 2.94. The van der Waals surface area contributed by atoms with Gasteiger partial charge in [0.15, 0.2) is 0 Å². The van der Waals surface area contributed by atoms with E-state index in [1.807, 2.05) is 0 Å². The van der Waals surface area contributed by atoms with E-state index in [0.29, 0.717) is 5.69 Å². The van der Waals surface area contributed by atoms with Gasteiger partial charge in [0.05, 0.1) is 18.5 Å². The number of imide groups is 1. The normalized spacial score (nSPS) is 23.3. The molecule has 0 N–H and O–H groups in total. The number of hydrogen-bond donors (Lipinski definition) is 0. The van der Waals surface area contributed by atoms with Crippen LogP contribution in [0.15, 0.2) is 24.5 Å². The third-order valence-electron chi connectivity index (χ3n) is 3.42. The van der Waals surface area contributed by atoms with Gasteiger partial charge in [0, 0.05) is 19.3 Å². The number of rotatable bonds is 4. The molecule has 0 bridgehead atoms. The fraction of sp³-hybridized carbons (Fsp3) is 0.462. The van der Waals surface area contributed by atoms with Gasteiger partial charge in [-0.15, -0.1) is 0 Å². The summed E-state index contributed by atoms with van der Waals surface area (Å²) < 4.78 is 5.08. The van der Waals surface area contributed by atoms with Gasteiger partial charge in [-0.2, -0.15) is 0 Å². The van der Waals surface area contributed by atoms with Crippen LogP contribution in [0.2, 0.25) is 0 Å². The molecule has 2 fully saturated rings. The molecule has 6 nitrogen and oxygen atoms in total. The molecule has 6 heteroatoms. The maximum absolute atomic E-state index is 12.4. The Hall–Kier alpha value is -1.95. The summed E-state index contributed by atoms with van der Waals surface area (Å²) in [5, 5.41) is 0. The van der Waals surface area contributed by atoms with Crippen molar-refractivity contribution in [2.45, 2.75) is 24.9 Å². The zero-order chi connectivity index (χ0) is 13.4. The van der Waals surface area contributed by atoms with E-state index in [9.17, 15) is 9.59 Å². The van der Waals surface area contributed by atoms with Crippen molar-refractivity contribution in [3.8, 4) is 0 Å². The van der Waals surface area contributed by atoms with Crippen LogP contribution in [-0.2, 0) is 9.53 Å². The van der Waals surface area contributed by atoms with Crippen molar-refractivity contribution in [2.75, 3.05) is 18.6 Å². The number of ether oxygens (including phenoxy) is 1. The molecule has 1 unspecified atom stereocenters. The van der Waals surface area contributed by atoms with Gasteiger partial charge in [0.2, 0.25) is 0 Å². The van der Waals surface area contributed by atoms with Crippen LogP contribution in [0.1, 0.15) is 12.8 Å². The molecule has 0 spiro atoms. The maximum Gasteiger partial charge on any atom is 0.332 e. The number of aromatic nitrogens is 1. The highest BCUT2D eigenvalue weighted by Gasteiger charge is 2.51. The standard InChI is InChI=1S/C13H15N3O3/c1-19-8-11-12(17)16(10-3-2-6-14-7-10)13(18)15(11)9-4-5-9/h2-3,6-7,9,11H,4-5,8H2,1H3. The lowest BCUT2D eigenvalue weighted by molar-refractivity contribution is -0.121. The van der Waals surface area contributed by atoms with Gasteiger partial charge in [-0.1, -0.05) is 0 Å². The first kappa shape index (κ1) is 12.1. The Morgan fingerprint density at radius 2 is 2.21 bits per heavy atom. The van der Waals surface area contributed by atoms with Crippen LogP contribution in [0.25, 0.3) is 0 Å². The zero-order valence-corrected chi connectivity index (χ0v) is 10.7. The van der Waals surface area contributed by atoms with Gasteiger partial charge in [-0.05, 0) is 25.0 Å². The lowest BCUT2D eigenvalue weighted by atomic mass is 10.2. The monoisotopic (exact) mass is 261 g/mol. The second-order valence-corrected chi connectivity index (χ2v) is 4.78. The van der Waals surface area contributed by atoms with Crippen LogP contribution >= 0.6 is 0 Å². The summed E-state index contributed by atoms with van der Waals surface area (Å²) in [4.78, 5) is 31.6. The highest BCUT2D eigenvalue weighted by Crippen LogP contribution is 2.35. The van der Waals surface area contributed by atoms with Gasteiger partial charge >= 0.3 is 6.03 Å². The van der Waals surface area contributed by atoms with Crippen molar-refractivity contribution >= 4 is 17.6 Å². The summed E-state index contributed by atoms with van der Waals surface area (Å²) in [5.74, 6) is -0.230. The van der Waals surface area contributed by atoms with E-state index in [1.165, 1.54) is 18.2 Å². The van der Waals surface area contributed by atoms with Crippen molar-refractivity contribution in [1.82, 2.24) is 9.88 Å². The Balaban J connectivity index is 1.93. The number of amides is 3. The summed E-state index contributed by atoms with van der Waals surface area (Å²) in [6, 6.07) is 2.83. The minimum absolute atomic E-state index is 0.179. The first-order valence-electron chi connectivity index (χ1n) is 6.29. The van der Waals surface area contributed by atoms with Gasteiger partial charge in [-0.25, -0.2) is 9.69 Å².